The standard InChI is InChI=1S/C8H15F3N2O/c1-3-5-13(4-2)7(14)12-6-8(9,10)11/h3-6H2,1-2H3,(H,12,14). The predicted octanol–water partition coefficient (Wildman–Crippen LogP) is 1.99. The summed E-state index contributed by atoms with van der Waals surface area (Å²) in [5, 5.41) is 1.82. The van der Waals surface area contributed by atoms with Gasteiger partial charge in [-0.05, 0) is 13.3 Å². The molecule has 0 aliphatic rings. The average Bonchev–Trinajstić information content (AvgIpc) is 2.09. The summed E-state index contributed by atoms with van der Waals surface area (Å²) in [6.07, 6.45) is -3.62. The van der Waals surface area contributed by atoms with Crippen LogP contribution in [0.25, 0.3) is 0 Å². The molecular formula is C8H15F3N2O. The molecule has 0 atom stereocenters. The first-order valence-electron chi connectivity index (χ1n) is 4.50. The van der Waals surface area contributed by atoms with Crippen molar-refractivity contribution in [2.24, 2.45) is 0 Å². The van der Waals surface area contributed by atoms with Crippen LogP contribution in [0.3, 0.4) is 0 Å². The fourth-order valence-electron chi connectivity index (χ4n) is 0.961. The van der Waals surface area contributed by atoms with Crippen LogP contribution < -0.4 is 5.32 Å². The lowest BCUT2D eigenvalue weighted by atomic mass is 10.4. The van der Waals surface area contributed by atoms with Gasteiger partial charge in [0.1, 0.15) is 6.54 Å². The molecule has 1 N–H and O–H groups in total. The van der Waals surface area contributed by atoms with E-state index in [1.54, 1.807) is 6.92 Å². The number of carbonyl (C=O) groups excluding carboxylic acids is 1. The van der Waals surface area contributed by atoms with Gasteiger partial charge in [-0.3, -0.25) is 0 Å². The fourth-order valence-corrected chi connectivity index (χ4v) is 0.961. The van der Waals surface area contributed by atoms with E-state index in [9.17, 15) is 18.0 Å². The zero-order valence-electron chi connectivity index (χ0n) is 8.32. The van der Waals surface area contributed by atoms with Crippen LogP contribution >= 0.6 is 0 Å². The summed E-state index contributed by atoms with van der Waals surface area (Å²) in [5.41, 5.74) is 0. The van der Waals surface area contributed by atoms with E-state index in [2.05, 4.69) is 0 Å². The van der Waals surface area contributed by atoms with E-state index in [0.29, 0.717) is 13.1 Å². The molecular weight excluding hydrogens is 197 g/mol. The highest BCUT2D eigenvalue weighted by atomic mass is 19.4. The summed E-state index contributed by atoms with van der Waals surface area (Å²) >= 11 is 0. The topological polar surface area (TPSA) is 32.3 Å². The molecule has 0 unspecified atom stereocenters. The Morgan fingerprint density at radius 2 is 1.93 bits per heavy atom. The van der Waals surface area contributed by atoms with Crippen molar-refractivity contribution >= 4 is 6.03 Å². The van der Waals surface area contributed by atoms with Gasteiger partial charge in [0.15, 0.2) is 0 Å². The fraction of sp³-hybridized carbons (Fsp3) is 0.875. The lowest BCUT2D eigenvalue weighted by molar-refractivity contribution is -0.123. The molecule has 0 aromatic rings. The Hall–Kier alpha value is -0.940. The second-order valence-corrected chi connectivity index (χ2v) is 2.85. The zero-order valence-corrected chi connectivity index (χ0v) is 8.32. The number of urea groups is 1. The number of nitrogens with zero attached hydrogens (tertiary/aromatic N) is 1. The molecule has 0 saturated carbocycles. The normalized spacial score (nSPS) is 11.2. The molecule has 3 nitrogen and oxygen atoms in total. The van der Waals surface area contributed by atoms with Crippen molar-refractivity contribution < 1.29 is 18.0 Å². The zero-order chi connectivity index (χ0) is 11.2. The highest BCUT2D eigenvalue weighted by Crippen LogP contribution is 2.12. The van der Waals surface area contributed by atoms with Crippen LogP contribution in [0.2, 0.25) is 0 Å². The monoisotopic (exact) mass is 212 g/mol. The third kappa shape index (κ3) is 5.66. The van der Waals surface area contributed by atoms with E-state index in [-0.39, 0.29) is 0 Å². The van der Waals surface area contributed by atoms with Crippen LogP contribution in [0.1, 0.15) is 20.3 Å². The Kier molecular flexibility index (Phi) is 5.34. The molecule has 0 rings (SSSR count). The molecule has 0 saturated heterocycles. The third-order valence-corrected chi connectivity index (χ3v) is 1.60. The van der Waals surface area contributed by atoms with E-state index in [1.807, 2.05) is 12.2 Å². The number of hydrogen-bond donors (Lipinski definition) is 1. The predicted molar refractivity (Wildman–Crippen MR) is 47.0 cm³/mol. The van der Waals surface area contributed by atoms with Gasteiger partial charge in [0, 0.05) is 13.1 Å². The molecule has 84 valence electrons. The SMILES string of the molecule is CCCN(CC)C(=O)NCC(F)(F)F. The number of halogens is 3. The van der Waals surface area contributed by atoms with E-state index >= 15 is 0 Å². The minimum absolute atomic E-state index is 0.414. The minimum Gasteiger partial charge on any atom is -0.329 e. The molecule has 0 aromatic carbocycles. The van der Waals surface area contributed by atoms with Gasteiger partial charge in [0.2, 0.25) is 0 Å². The molecule has 0 fully saturated rings. The van der Waals surface area contributed by atoms with Gasteiger partial charge < -0.3 is 10.2 Å². The maximum absolute atomic E-state index is 11.7. The van der Waals surface area contributed by atoms with Crippen molar-refractivity contribution in [2.45, 2.75) is 26.4 Å². The van der Waals surface area contributed by atoms with Crippen LogP contribution in [-0.4, -0.2) is 36.7 Å². The summed E-state index contributed by atoms with van der Waals surface area (Å²) in [7, 11) is 0. The van der Waals surface area contributed by atoms with E-state index in [4.69, 9.17) is 0 Å². The molecule has 0 aromatic heterocycles. The summed E-state index contributed by atoms with van der Waals surface area (Å²) in [6.45, 7) is 3.20. The van der Waals surface area contributed by atoms with Crippen LogP contribution in [0, 0.1) is 0 Å². The highest BCUT2D eigenvalue weighted by molar-refractivity contribution is 5.74. The van der Waals surface area contributed by atoms with Crippen LogP contribution in [0.5, 0.6) is 0 Å². The second kappa shape index (κ2) is 5.72. The summed E-state index contributed by atoms with van der Waals surface area (Å²) < 4.78 is 35.2. The molecule has 0 aliphatic carbocycles. The number of carbonyl (C=O) groups is 1. The third-order valence-electron chi connectivity index (χ3n) is 1.60. The van der Waals surface area contributed by atoms with E-state index in [0.717, 1.165) is 6.42 Å². The Balaban J connectivity index is 3.93. The van der Waals surface area contributed by atoms with Gasteiger partial charge in [-0.15, -0.1) is 0 Å². The van der Waals surface area contributed by atoms with Gasteiger partial charge in [-0.2, -0.15) is 13.2 Å². The smallest absolute Gasteiger partial charge is 0.329 e. The first-order chi connectivity index (χ1) is 6.40. The van der Waals surface area contributed by atoms with Gasteiger partial charge in [-0.1, -0.05) is 6.92 Å². The Morgan fingerprint density at radius 1 is 1.36 bits per heavy atom. The Morgan fingerprint density at radius 3 is 2.29 bits per heavy atom. The van der Waals surface area contributed by atoms with Crippen molar-refractivity contribution in [3.63, 3.8) is 0 Å². The number of nitrogens with one attached hydrogen (secondary N) is 1. The van der Waals surface area contributed by atoms with E-state index < -0.39 is 18.8 Å². The number of hydrogen-bond acceptors (Lipinski definition) is 1. The maximum Gasteiger partial charge on any atom is 0.405 e. The van der Waals surface area contributed by atoms with Crippen molar-refractivity contribution in [3.8, 4) is 0 Å². The van der Waals surface area contributed by atoms with Gasteiger partial charge in [0.25, 0.3) is 0 Å². The first-order valence-corrected chi connectivity index (χ1v) is 4.50. The molecule has 0 radical (unpaired) electrons. The largest absolute Gasteiger partial charge is 0.405 e. The summed E-state index contributed by atoms with van der Waals surface area (Å²) in [6, 6.07) is -0.660. The molecule has 0 spiro atoms. The second-order valence-electron chi connectivity index (χ2n) is 2.85. The van der Waals surface area contributed by atoms with Crippen LogP contribution in [0.15, 0.2) is 0 Å². The number of amides is 2. The molecule has 14 heavy (non-hydrogen) atoms. The van der Waals surface area contributed by atoms with Crippen molar-refractivity contribution in [1.29, 1.82) is 0 Å². The molecule has 0 heterocycles. The van der Waals surface area contributed by atoms with Gasteiger partial charge >= 0.3 is 12.2 Å². The lowest BCUT2D eigenvalue weighted by Crippen LogP contribution is -2.43. The van der Waals surface area contributed by atoms with Gasteiger partial charge in [0.05, 0.1) is 0 Å². The first kappa shape index (κ1) is 13.1. The summed E-state index contributed by atoms with van der Waals surface area (Å²) in [5.74, 6) is 0. The minimum atomic E-state index is -4.35. The van der Waals surface area contributed by atoms with Crippen molar-refractivity contribution in [2.75, 3.05) is 19.6 Å². The van der Waals surface area contributed by atoms with Gasteiger partial charge in [-0.25, -0.2) is 4.79 Å². The lowest BCUT2D eigenvalue weighted by Gasteiger charge is -2.20. The van der Waals surface area contributed by atoms with Crippen molar-refractivity contribution in [1.82, 2.24) is 10.2 Å². The average molecular weight is 212 g/mol. The highest BCUT2D eigenvalue weighted by Gasteiger charge is 2.28. The van der Waals surface area contributed by atoms with Crippen LogP contribution in [0.4, 0.5) is 18.0 Å². The number of alkyl halides is 3. The maximum atomic E-state index is 11.7. The number of rotatable bonds is 4. The molecule has 0 aliphatic heterocycles. The van der Waals surface area contributed by atoms with Crippen LogP contribution in [-0.2, 0) is 0 Å². The molecule has 2 amide bonds. The Bertz CT molecular complexity index is 182. The summed E-state index contributed by atoms with van der Waals surface area (Å²) in [4.78, 5) is 12.5. The Labute approximate surface area is 81.3 Å². The van der Waals surface area contributed by atoms with E-state index in [1.165, 1.54) is 4.90 Å². The molecule has 0 bridgehead atoms. The quantitative estimate of drug-likeness (QED) is 0.759. The van der Waals surface area contributed by atoms with Crippen molar-refractivity contribution in [3.05, 3.63) is 0 Å². The molecule has 6 heteroatoms.